The van der Waals surface area contributed by atoms with Gasteiger partial charge in [0.25, 0.3) is 0 Å². The Labute approximate surface area is 209 Å². The van der Waals surface area contributed by atoms with Gasteiger partial charge in [-0.25, -0.2) is 18.7 Å². The molecular weight excluding hydrogens is 489 g/mol. The van der Waals surface area contributed by atoms with Gasteiger partial charge in [0.15, 0.2) is 17.5 Å². The number of ether oxygens (including phenoxy) is 1. The Morgan fingerprint density at radius 1 is 0.865 bits per heavy atom. The second-order valence-corrected chi connectivity index (χ2v) is 8.37. The first kappa shape index (κ1) is 24.4. The summed E-state index contributed by atoms with van der Waals surface area (Å²) >= 11 is 0. The van der Waals surface area contributed by atoms with E-state index in [4.69, 9.17) is 4.74 Å². The Hall–Kier alpha value is -4.27. The summed E-state index contributed by atoms with van der Waals surface area (Å²) in [7, 11) is 0. The van der Waals surface area contributed by atoms with Gasteiger partial charge >= 0.3 is 6.18 Å². The van der Waals surface area contributed by atoms with Crippen molar-refractivity contribution < 1.29 is 26.7 Å². The SMILES string of the molecule is CCOc1ccc(-c2ccc(Cn3ccc4nc(-c5cccc(F)c5F)nc-4c3)cc2)c(C(F)(F)F)c1. The summed E-state index contributed by atoms with van der Waals surface area (Å²) in [4.78, 5) is 8.63. The first-order valence-corrected chi connectivity index (χ1v) is 11.4. The fraction of sp³-hybridized carbons (Fsp3) is 0.143. The third-order valence-corrected chi connectivity index (χ3v) is 5.86. The average molecular weight is 509 g/mol. The van der Waals surface area contributed by atoms with Crippen molar-refractivity contribution in [1.82, 2.24) is 14.5 Å². The van der Waals surface area contributed by atoms with Gasteiger partial charge in [0.05, 0.1) is 23.4 Å². The molecule has 2 heterocycles. The zero-order valence-corrected chi connectivity index (χ0v) is 19.6. The zero-order chi connectivity index (χ0) is 26.2. The molecule has 188 valence electrons. The molecule has 0 saturated carbocycles. The van der Waals surface area contributed by atoms with Crippen molar-refractivity contribution >= 4 is 0 Å². The Morgan fingerprint density at radius 2 is 1.62 bits per heavy atom. The van der Waals surface area contributed by atoms with Crippen LogP contribution in [0.1, 0.15) is 18.1 Å². The van der Waals surface area contributed by atoms with Gasteiger partial charge in [0.1, 0.15) is 11.4 Å². The highest BCUT2D eigenvalue weighted by Crippen LogP contribution is 2.39. The van der Waals surface area contributed by atoms with E-state index < -0.39 is 23.4 Å². The van der Waals surface area contributed by atoms with Crippen LogP contribution in [-0.2, 0) is 12.7 Å². The number of benzene rings is 3. The number of alkyl halides is 3. The number of pyridine rings is 1. The molecule has 4 nitrogen and oxygen atoms in total. The fourth-order valence-electron chi connectivity index (χ4n) is 4.11. The molecule has 0 spiro atoms. The van der Waals surface area contributed by atoms with Crippen molar-refractivity contribution in [3.8, 4) is 39.7 Å². The van der Waals surface area contributed by atoms with Crippen LogP contribution in [0.5, 0.6) is 5.75 Å². The van der Waals surface area contributed by atoms with E-state index in [9.17, 15) is 22.0 Å². The molecule has 3 aromatic rings. The minimum Gasteiger partial charge on any atom is -0.494 e. The lowest BCUT2D eigenvalue weighted by Crippen LogP contribution is -2.08. The summed E-state index contributed by atoms with van der Waals surface area (Å²) < 4.78 is 75.9. The van der Waals surface area contributed by atoms with Gasteiger partial charge in [0, 0.05) is 18.9 Å². The van der Waals surface area contributed by atoms with Crippen LogP contribution in [0.2, 0.25) is 0 Å². The van der Waals surface area contributed by atoms with E-state index in [1.165, 1.54) is 24.3 Å². The standard InChI is InChI=1S/C28H20F5N3O/c1-2-37-19-10-11-20(22(14-19)28(31,32)33)18-8-6-17(7-9-18)15-36-13-12-24-25(16-36)35-27(34-24)21-4-3-5-23(29)26(21)30/h3-14,16H,2,15H2,1H3. The molecule has 0 bridgehead atoms. The molecule has 5 rings (SSSR count). The lowest BCUT2D eigenvalue weighted by molar-refractivity contribution is -0.137. The Kier molecular flexibility index (Phi) is 6.37. The molecule has 0 saturated heterocycles. The van der Waals surface area contributed by atoms with Gasteiger partial charge in [0.2, 0.25) is 0 Å². The number of aromatic nitrogens is 3. The molecule has 3 aromatic carbocycles. The van der Waals surface area contributed by atoms with Crippen molar-refractivity contribution in [1.29, 1.82) is 0 Å². The van der Waals surface area contributed by atoms with Crippen LogP contribution in [0.4, 0.5) is 22.0 Å². The lowest BCUT2D eigenvalue weighted by Gasteiger charge is -2.15. The quantitative estimate of drug-likeness (QED) is 0.223. The summed E-state index contributed by atoms with van der Waals surface area (Å²) in [5, 5.41) is 0. The Balaban J connectivity index is 1.39. The molecule has 0 amide bonds. The van der Waals surface area contributed by atoms with Gasteiger partial charge in [-0.1, -0.05) is 36.4 Å². The van der Waals surface area contributed by atoms with Crippen molar-refractivity contribution in [2.24, 2.45) is 0 Å². The van der Waals surface area contributed by atoms with Crippen LogP contribution in [0, 0.1) is 11.6 Å². The molecule has 2 aliphatic heterocycles. The molecule has 2 aliphatic rings. The molecule has 0 radical (unpaired) electrons. The minimum atomic E-state index is -4.53. The molecule has 0 N–H and O–H groups in total. The van der Waals surface area contributed by atoms with E-state index in [2.05, 4.69) is 9.97 Å². The van der Waals surface area contributed by atoms with Crippen LogP contribution in [-0.4, -0.2) is 21.1 Å². The third kappa shape index (κ3) is 5.02. The lowest BCUT2D eigenvalue weighted by atomic mass is 9.98. The van der Waals surface area contributed by atoms with Crippen LogP contribution >= 0.6 is 0 Å². The van der Waals surface area contributed by atoms with Gasteiger partial charge in [-0.3, -0.25) is 0 Å². The summed E-state index contributed by atoms with van der Waals surface area (Å²) in [6, 6.07) is 16.3. The zero-order valence-electron chi connectivity index (χ0n) is 19.6. The van der Waals surface area contributed by atoms with Gasteiger partial charge < -0.3 is 9.30 Å². The second-order valence-electron chi connectivity index (χ2n) is 8.37. The minimum absolute atomic E-state index is 0.0224. The Bertz CT molecular complexity index is 1530. The maximum Gasteiger partial charge on any atom is 0.417 e. The molecular formula is C28H20F5N3O. The van der Waals surface area contributed by atoms with Crippen LogP contribution < -0.4 is 4.74 Å². The number of rotatable bonds is 6. The number of halogens is 5. The summed E-state index contributed by atoms with van der Waals surface area (Å²) in [5.41, 5.74) is 1.60. The van der Waals surface area contributed by atoms with Crippen LogP contribution in [0.25, 0.3) is 33.9 Å². The maximum atomic E-state index is 14.2. The molecule has 0 aliphatic carbocycles. The van der Waals surface area contributed by atoms with Crippen molar-refractivity contribution in [3.63, 3.8) is 0 Å². The first-order chi connectivity index (χ1) is 17.7. The normalized spacial score (nSPS) is 11.7. The molecule has 9 heteroatoms. The Morgan fingerprint density at radius 3 is 2.35 bits per heavy atom. The second kappa shape index (κ2) is 9.65. The molecule has 0 fully saturated rings. The van der Waals surface area contributed by atoms with E-state index in [1.807, 2.05) is 4.57 Å². The van der Waals surface area contributed by atoms with Crippen molar-refractivity contribution in [3.05, 3.63) is 102 Å². The predicted octanol–water partition coefficient (Wildman–Crippen LogP) is 7.46. The van der Waals surface area contributed by atoms with E-state index in [-0.39, 0.29) is 29.3 Å². The largest absolute Gasteiger partial charge is 0.494 e. The highest BCUT2D eigenvalue weighted by molar-refractivity contribution is 5.70. The summed E-state index contributed by atoms with van der Waals surface area (Å²) in [6.45, 7) is 2.40. The highest BCUT2D eigenvalue weighted by Gasteiger charge is 2.34. The third-order valence-electron chi connectivity index (χ3n) is 5.86. The summed E-state index contributed by atoms with van der Waals surface area (Å²) in [6.07, 6.45) is -1.03. The molecule has 0 atom stereocenters. The number of fused-ring (bicyclic) bond motifs is 1. The van der Waals surface area contributed by atoms with E-state index in [0.717, 1.165) is 17.7 Å². The van der Waals surface area contributed by atoms with Crippen LogP contribution in [0.3, 0.4) is 0 Å². The highest BCUT2D eigenvalue weighted by atomic mass is 19.4. The first-order valence-electron chi connectivity index (χ1n) is 11.4. The van der Waals surface area contributed by atoms with Crippen molar-refractivity contribution in [2.45, 2.75) is 19.6 Å². The molecule has 0 unspecified atom stereocenters. The molecule has 37 heavy (non-hydrogen) atoms. The van der Waals surface area contributed by atoms with Gasteiger partial charge in [-0.2, -0.15) is 13.2 Å². The predicted molar refractivity (Wildman–Crippen MR) is 129 cm³/mol. The number of imidazole rings is 1. The number of nitrogens with zero attached hydrogens (tertiary/aromatic N) is 3. The topological polar surface area (TPSA) is 39.9 Å². The number of hydrogen-bond donors (Lipinski definition) is 0. The number of hydrogen-bond acceptors (Lipinski definition) is 3. The van der Waals surface area contributed by atoms with Gasteiger partial charge in [-0.05, 0) is 53.9 Å². The molecule has 0 aromatic heterocycles. The monoisotopic (exact) mass is 509 g/mol. The average Bonchev–Trinajstić information content (AvgIpc) is 3.29. The maximum absolute atomic E-state index is 14.2. The van der Waals surface area contributed by atoms with E-state index in [1.54, 1.807) is 49.6 Å². The van der Waals surface area contributed by atoms with E-state index >= 15 is 0 Å². The van der Waals surface area contributed by atoms with Gasteiger partial charge in [-0.15, -0.1) is 0 Å². The smallest absolute Gasteiger partial charge is 0.417 e. The van der Waals surface area contributed by atoms with E-state index in [0.29, 0.717) is 23.5 Å². The van der Waals surface area contributed by atoms with Crippen LogP contribution in [0.15, 0.2) is 79.1 Å². The van der Waals surface area contributed by atoms with Crippen molar-refractivity contribution in [2.75, 3.05) is 6.61 Å². The fourth-order valence-corrected chi connectivity index (χ4v) is 4.11. The summed E-state index contributed by atoms with van der Waals surface area (Å²) in [5.74, 6) is -1.73.